The Morgan fingerprint density at radius 2 is 2.00 bits per heavy atom. The Morgan fingerprint density at radius 1 is 1.32 bits per heavy atom. The monoisotopic (exact) mass is 261 g/mol. The molecular formula is C16H27N3. The van der Waals surface area contributed by atoms with Crippen molar-refractivity contribution in [2.45, 2.75) is 46.6 Å². The van der Waals surface area contributed by atoms with Gasteiger partial charge in [0, 0.05) is 25.3 Å². The Bertz CT molecular complexity index is 384. The van der Waals surface area contributed by atoms with Crippen LogP contribution in [0.25, 0.3) is 0 Å². The first kappa shape index (κ1) is 14.3. The molecule has 0 bridgehead atoms. The first-order valence-corrected chi connectivity index (χ1v) is 7.58. The van der Waals surface area contributed by atoms with Crippen molar-refractivity contribution in [1.82, 2.24) is 4.98 Å². The molecule has 2 N–H and O–H groups in total. The van der Waals surface area contributed by atoms with Crippen molar-refractivity contribution in [3.8, 4) is 0 Å². The van der Waals surface area contributed by atoms with Crippen molar-refractivity contribution >= 4 is 5.82 Å². The van der Waals surface area contributed by atoms with Crippen LogP contribution >= 0.6 is 0 Å². The van der Waals surface area contributed by atoms with Crippen LogP contribution in [-0.2, 0) is 13.0 Å². The first-order valence-electron chi connectivity index (χ1n) is 7.58. The van der Waals surface area contributed by atoms with Gasteiger partial charge < -0.3 is 10.6 Å². The van der Waals surface area contributed by atoms with Crippen LogP contribution in [0.2, 0.25) is 0 Å². The van der Waals surface area contributed by atoms with Crippen molar-refractivity contribution < 1.29 is 0 Å². The molecule has 1 fully saturated rings. The van der Waals surface area contributed by atoms with Crippen molar-refractivity contribution in [3.05, 3.63) is 23.4 Å². The Kier molecular flexibility index (Phi) is 4.81. The lowest BCUT2D eigenvalue weighted by Crippen LogP contribution is -2.36. The normalized spacial score (nSPS) is 17.2. The zero-order valence-corrected chi connectivity index (χ0v) is 12.5. The molecule has 19 heavy (non-hydrogen) atoms. The van der Waals surface area contributed by atoms with Crippen LogP contribution in [0.5, 0.6) is 0 Å². The lowest BCUT2D eigenvalue weighted by molar-refractivity contribution is 0.310. The van der Waals surface area contributed by atoms with E-state index in [1.54, 1.807) is 0 Å². The Morgan fingerprint density at radius 3 is 2.53 bits per heavy atom. The summed E-state index contributed by atoms with van der Waals surface area (Å²) >= 11 is 0. The molecule has 0 spiro atoms. The SMILES string of the molecule is CCc1cc(CN)cc(N2CCC(C(C)C)CC2)n1. The van der Waals surface area contributed by atoms with Crippen LogP contribution in [-0.4, -0.2) is 18.1 Å². The van der Waals surface area contributed by atoms with Gasteiger partial charge in [-0.25, -0.2) is 4.98 Å². The zero-order chi connectivity index (χ0) is 13.8. The number of nitrogens with zero attached hydrogens (tertiary/aromatic N) is 2. The summed E-state index contributed by atoms with van der Waals surface area (Å²) in [5.41, 5.74) is 8.15. The fraction of sp³-hybridized carbons (Fsp3) is 0.688. The third-order valence-corrected chi connectivity index (χ3v) is 4.33. The third-order valence-electron chi connectivity index (χ3n) is 4.33. The van der Waals surface area contributed by atoms with Crippen molar-refractivity contribution in [1.29, 1.82) is 0 Å². The molecule has 1 aromatic heterocycles. The van der Waals surface area contributed by atoms with Crippen molar-refractivity contribution in [2.75, 3.05) is 18.0 Å². The van der Waals surface area contributed by atoms with E-state index in [1.165, 1.54) is 18.4 Å². The summed E-state index contributed by atoms with van der Waals surface area (Å²) in [6.45, 7) is 9.69. The Labute approximate surface area is 117 Å². The summed E-state index contributed by atoms with van der Waals surface area (Å²) in [6.07, 6.45) is 3.55. The number of hydrogen-bond donors (Lipinski definition) is 1. The van der Waals surface area contributed by atoms with E-state index in [4.69, 9.17) is 10.7 Å². The highest BCUT2D eigenvalue weighted by Crippen LogP contribution is 2.27. The fourth-order valence-electron chi connectivity index (χ4n) is 2.89. The summed E-state index contributed by atoms with van der Waals surface area (Å²) in [6, 6.07) is 4.29. The van der Waals surface area contributed by atoms with Gasteiger partial charge in [-0.05, 0) is 48.8 Å². The molecule has 0 saturated carbocycles. The van der Waals surface area contributed by atoms with Crippen LogP contribution in [0.15, 0.2) is 12.1 Å². The molecule has 1 aromatic rings. The van der Waals surface area contributed by atoms with Gasteiger partial charge in [-0.1, -0.05) is 20.8 Å². The molecule has 0 atom stereocenters. The second kappa shape index (κ2) is 6.38. The van der Waals surface area contributed by atoms with Crippen LogP contribution in [0.1, 0.15) is 44.9 Å². The highest BCUT2D eigenvalue weighted by Gasteiger charge is 2.22. The molecule has 3 heteroatoms. The van der Waals surface area contributed by atoms with Crippen LogP contribution in [0, 0.1) is 11.8 Å². The topological polar surface area (TPSA) is 42.1 Å². The van der Waals surface area contributed by atoms with Gasteiger partial charge in [0.1, 0.15) is 5.82 Å². The highest BCUT2D eigenvalue weighted by molar-refractivity contribution is 5.43. The van der Waals surface area contributed by atoms with E-state index in [0.29, 0.717) is 6.54 Å². The number of rotatable bonds is 4. The first-order chi connectivity index (χ1) is 9.13. The molecule has 3 nitrogen and oxygen atoms in total. The van der Waals surface area contributed by atoms with Gasteiger partial charge in [-0.2, -0.15) is 0 Å². The summed E-state index contributed by atoms with van der Waals surface area (Å²) in [5.74, 6) is 2.80. The summed E-state index contributed by atoms with van der Waals surface area (Å²) in [7, 11) is 0. The van der Waals surface area contributed by atoms with E-state index in [2.05, 4.69) is 37.8 Å². The van der Waals surface area contributed by atoms with Gasteiger partial charge in [0.05, 0.1) is 0 Å². The molecule has 0 aliphatic carbocycles. The molecule has 2 rings (SSSR count). The molecule has 1 aliphatic rings. The smallest absolute Gasteiger partial charge is 0.129 e. The standard InChI is InChI=1S/C16H27N3/c1-4-15-9-13(11-17)10-16(18-15)19-7-5-14(6-8-19)12(2)3/h9-10,12,14H,4-8,11,17H2,1-3H3. The van der Waals surface area contributed by atoms with Gasteiger partial charge in [-0.3, -0.25) is 0 Å². The van der Waals surface area contributed by atoms with E-state index >= 15 is 0 Å². The third kappa shape index (κ3) is 3.47. The van der Waals surface area contributed by atoms with Gasteiger partial charge >= 0.3 is 0 Å². The zero-order valence-electron chi connectivity index (χ0n) is 12.5. The minimum absolute atomic E-state index is 0.602. The van der Waals surface area contributed by atoms with Crippen molar-refractivity contribution in [3.63, 3.8) is 0 Å². The fourth-order valence-corrected chi connectivity index (χ4v) is 2.89. The predicted octanol–water partition coefficient (Wildman–Crippen LogP) is 2.98. The summed E-state index contributed by atoms with van der Waals surface area (Å²) in [5, 5.41) is 0. The lowest BCUT2D eigenvalue weighted by atomic mass is 9.87. The molecular weight excluding hydrogens is 234 g/mol. The van der Waals surface area contributed by atoms with E-state index in [0.717, 1.165) is 42.9 Å². The lowest BCUT2D eigenvalue weighted by Gasteiger charge is -2.35. The van der Waals surface area contributed by atoms with Gasteiger partial charge in [0.15, 0.2) is 0 Å². The van der Waals surface area contributed by atoms with E-state index < -0.39 is 0 Å². The molecule has 106 valence electrons. The minimum atomic E-state index is 0.602. The van der Waals surface area contributed by atoms with Crippen LogP contribution < -0.4 is 10.6 Å². The molecule has 0 unspecified atom stereocenters. The van der Waals surface area contributed by atoms with Crippen LogP contribution in [0.3, 0.4) is 0 Å². The van der Waals surface area contributed by atoms with E-state index in [1.807, 2.05) is 0 Å². The maximum absolute atomic E-state index is 5.79. The highest BCUT2D eigenvalue weighted by atomic mass is 15.2. The molecule has 0 radical (unpaired) electrons. The number of anilines is 1. The number of hydrogen-bond acceptors (Lipinski definition) is 3. The number of aromatic nitrogens is 1. The number of piperidine rings is 1. The maximum Gasteiger partial charge on any atom is 0.129 e. The minimum Gasteiger partial charge on any atom is -0.357 e. The van der Waals surface area contributed by atoms with E-state index in [-0.39, 0.29) is 0 Å². The number of pyridine rings is 1. The van der Waals surface area contributed by atoms with Gasteiger partial charge in [0.25, 0.3) is 0 Å². The quantitative estimate of drug-likeness (QED) is 0.906. The predicted molar refractivity (Wildman–Crippen MR) is 81.3 cm³/mol. The summed E-state index contributed by atoms with van der Waals surface area (Å²) < 4.78 is 0. The van der Waals surface area contributed by atoms with Crippen LogP contribution in [0.4, 0.5) is 5.82 Å². The average molecular weight is 261 g/mol. The number of aryl methyl sites for hydroxylation is 1. The molecule has 0 aromatic carbocycles. The van der Waals surface area contributed by atoms with Gasteiger partial charge in [0.2, 0.25) is 0 Å². The molecule has 0 amide bonds. The van der Waals surface area contributed by atoms with E-state index in [9.17, 15) is 0 Å². The molecule has 1 aliphatic heterocycles. The van der Waals surface area contributed by atoms with Gasteiger partial charge in [-0.15, -0.1) is 0 Å². The average Bonchev–Trinajstić information content (AvgIpc) is 2.46. The maximum atomic E-state index is 5.79. The second-order valence-electron chi connectivity index (χ2n) is 5.95. The molecule has 1 saturated heterocycles. The largest absolute Gasteiger partial charge is 0.357 e. The van der Waals surface area contributed by atoms with Crippen molar-refractivity contribution in [2.24, 2.45) is 17.6 Å². The second-order valence-corrected chi connectivity index (χ2v) is 5.95. The Balaban J connectivity index is 2.10. The summed E-state index contributed by atoms with van der Waals surface area (Å²) in [4.78, 5) is 7.19. The molecule has 2 heterocycles. The Hall–Kier alpha value is -1.09. The number of nitrogens with two attached hydrogens (primary N) is 1.